The highest BCUT2D eigenvalue weighted by Crippen LogP contribution is 2.89. The van der Waals surface area contributed by atoms with Gasteiger partial charge < -0.3 is 34.5 Å². The standard InChI is InChI=1S/C39H66N2O6/c1-9-44-33(35(5,6)43)25-18-23(2)30-31(46-25)32(42)37(8)27-11-10-26-34(3,4)28(47-29-21-41(16-17-45-29)24-19-40-20-24)12-13-38(26)22-39(27,38)15-14-36(30,37)7/h23-33,40,42-43H,9-22H2,1-8H3/t23-,25-,26+,27+,28+,29+,30+,31+,32+,33+,36-,37-,38-,39+/m1/s1. The van der Waals surface area contributed by atoms with Crippen LogP contribution in [0.15, 0.2) is 0 Å². The number of ether oxygens (including phenoxy) is 4. The Hall–Kier alpha value is -0.320. The van der Waals surface area contributed by atoms with Crippen molar-refractivity contribution in [2.45, 2.75) is 155 Å². The zero-order chi connectivity index (χ0) is 33.4. The summed E-state index contributed by atoms with van der Waals surface area (Å²) in [6, 6.07) is 0.634. The lowest BCUT2D eigenvalue weighted by Gasteiger charge is -2.64. The average molecular weight is 659 g/mol. The molecule has 8 aliphatic rings. The van der Waals surface area contributed by atoms with E-state index in [1.165, 1.54) is 38.5 Å². The lowest BCUT2D eigenvalue weighted by atomic mass is 9.41. The number of nitrogens with zero attached hydrogens (tertiary/aromatic N) is 1. The number of fused-ring (bicyclic) bond motifs is 4. The fraction of sp³-hybridized carbons (Fsp3) is 1.00. The number of rotatable bonds is 7. The highest BCUT2D eigenvalue weighted by molar-refractivity contribution is 5.33. The van der Waals surface area contributed by atoms with Crippen molar-refractivity contribution in [1.29, 1.82) is 0 Å². The van der Waals surface area contributed by atoms with Gasteiger partial charge in [-0.25, -0.2) is 0 Å². The Labute approximate surface area is 284 Å². The van der Waals surface area contributed by atoms with E-state index in [0.29, 0.717) is 47.2 Å². The van der Waals surface area contributed by atoms with E-state index in [0.717, 1.165) is 45.6 Å². The highest BCUT2D eigenvalue weighted by Gasteiger charge is 2.84. The monoisotopic (exact) mass is 658 g/mol. The van der Waals surface area contributed by atoms with Gasteiger partial charge in [-0.3, -0.25) is 4.90 Å². The Morgan fingerprint density at radius 1 is 1.02 bits per heavy atom. The average Bonchev–Trinajstić information content (AvgIpc) is 3.61. The van der Waals surface area contributed by atoms with Crippen molar-refractivity contribution >= 4 is 0 Å². The summed E-state index contributed by atoms with van der Waals surface area (Å²) in [5, 5.41) is 27.1. The van der Waals surface area contributed by atoms with Gasteiger partial charge in [0.25, 0.3) is 0 Å². The molecule has 0 bridgehead atoms. The Morgan fingerprint density at radius 2 is 1.74 bits per heavy atom. The molecule has 3 saturated heterocycles. The van der Waals surface area contributed by atoms with E-state index in [2.05, 4.69) is 44.8 Å². The first-order valence-electron chi connectivity index (χ1n) is 19.5. The number of hydrogen-bond acceptors (Lipinski definition) is 8. The molecule has 0 aromatic heterocycles. The van der Waals surface area contributed by atoms with Gasteiger partial charge in [0.1, 0.15) is 6.10 Å². The van der Waals surface area contributed by atoms with Gasteiger partial charge in [0, 0.05) is 44.2 Å². The van der Waals surface area contributed by atoms with Gasteiger partial charge in [0.2, 0.25) is 0 Å². The Kier molecular flexibility index (Phi) is 7.98. The van der Waals surface area contributed by atoms with Crippen LogP contribution in [0, 0.1) is 50.7 Å². The summed E-state index contributed by atoms with van der Waals surface area (Å²) in [5.41, 5.74) is -0.395. The first-order valence-corrected chi connectivity index (χ1v) is 19.5. The molecule has 0 aromatic rings. The van der Waals surface area contributed by atoms with Crippen LogP contribution in [0.5, 0.6) is 0 Å². The molecule has 2 spiro atoms. The minimum Gasteiger partial charge on any atom is -0.390 e. The molecule has 3 heterocycles. The van der Waals surface area contributed by atoms with E-state index < -0.39 is 17.8 Å². The normalized spacial score (nSPS) is 53.1. The summed E-state index contributed by atoms with van der Waals surface area (Å²) in [6.07, 6.45) is 8.19. The number of nitrogens with one attached hydrogen (secondary N) is 1. The van der Waals surface area contributed by atoms with Gasteiger partial charge in [-0.2, -0.15) is 0 Å². The molecule has 0 unspecified atom stereocenters. The van der Waals surface area contributed by atoms with Gasteiger partial charge in [0.05, 0.1) is 36.6 Å². The van der Waals surface area contributed by atoms with Gasteiger partial charge in [0.15, 0.2) is 6.29 Å². The number of aliphatic hydroxyl groups excluding tert-OH is 1. The smallest absolute Gasteiger partial charge is 0.170 e. The van der Waals surface area contributed by atoms with Gasteiger partial charge in [-0.1, -0.05) is 34.6 Å². The van der Waals surface area contributed by atoms with Gasteiger partial charge >= 0.3 is 0 Å². The molecule has 268 valence electrons. The van der Waals surface area contributed by atoms with E-state index in [9.17, 15) is 10.2 Å². The first kappa shape index (κ1) is 33.8. The first-order chi connectivity index (χ1) is 22.1. The molecular weight excluding hydrogens is 592 g/mol. The molecule has 3 aliphatic heterocycles. The maximum absolute atomic E-state index is 12.6. The molecule has 8 nitrogen and oxygen atoms in total. The Morgan fingerprint density at radius 3 is 2.43 bits per heavy atom. The summed E-state index contributed by atoms with van der Waals surface area (Å²) in [6.45, 7) is 23.4. The van der Waals surface area contributed by atoms with Crippen molar-refractivity contribution in [3.05, 3.63) is 0 Å². The lowest BCUT2D eigenvalue weighted by molar-refractivity contribution is -0.251. The fourth-order valence-electron chi connectivity index (χ4n) is 14.5. The second kappa shape index (κ2) is 11.1. The van der Waals surface area contributed by atoms with Crippen LogP contribution in [0.3, 0.4) is 0 Å². The molecule has 8 rings (SSSR count). The van der Waals surface area contributed by atoms with Crippen molar-refractivity contribution in [1.82, 2.24) is 10.2 Å². The predicted molar refractivity (Wildman–Crippen MR) is 181 cm³/mol. The maximum atomic E-state index is 12.6. The minimum atomic E-state index is -1.01. The second-order valence-electron chi connectivity index (χ2n) is 19.3. The van der Waals surface area contributed by atoms with Crippen molar-refractivity contribution in [2.75, 3.05) is 39.4 Å². The number of hydrogen-bond donors (Lipinski definition) is 3. The SMILES string of the molecule is CCO[C@@H]([C@H]1C[C@@H](C)[C@H]2[C@H](O1)[C@H](O)[C@@]1(C)[C@@H]3CC[C@H]4C(C)(C)[C@@H](O[C@H]5CN(C6CNC6)CCO5)CC[C@@]45C[C@@]35CC[C@]21C)C(C)(C)O. The number of morpholine rings is 1. The van der Waals surface area contributed by atoms with E-state index >= 15 is 0 Å². The van der Waals surface area contributed by atoms with E-state index in [4.69, 9.17) is 18.9 Å². The molecule has 47 heavy (non-hydrogen) atoms. The molecule has 3 N–H and O–H groups in total. The van der Waals surface area contributed by atoms with Crippen LogP contribution in [-0.4, -0.2) is 103 Å². The largest absolute Gasteiger partial charge is 0.390 e. The topological polar surface area (TPSA) is 92.7 Å². The third kappa shape index (κ3) is 4.53. The predicted octanol–water partition coefficient (Wildman–Crippen LogP) is 4.99. The molecule has 8 fully saturated rings. The van der Waals surface area contributed by atoms with Gasteiger partial charge in [-0.15, -0.1) is 0 Å². The summed E-state index contributed by atoms with van der Waals surface area (Å²) in [4.78, 5) is 2.57. The molecule has 0 aromatic carbocycles. The van der Waals surface area contributed by atoms with Crippen molar-refractivity contribution in [2.24, 2.45) is 50.7 Å². The summed E-state index contributed by atoms with van der Waals surface area (Å²) < 4.78 is 26.3. The third-order valence-corrected chi connectivity index (χ3v) is 16.8. The van der Waals surface area contributed by atoms with Crippen molar-refractivity contribution in [3.63, 3.8) is 0 Å². The van der Waals surface area contributed by atoms with E-state index in [1.54, 1.807) is 0 Å². The summed E-state index contributed by atoms with van der Waals surface area (Å²) in [7, 11) is 0. The highest BCUT2D eigenvalue weighted by atomic mass is 16.7. The van der Waals surface area contributed by atoms with E-state index in [-0.39, 0.29) is 40.8 Å². The van der Waals surface area contributed by atoms with Crippen molar-refractivity contribution in [3.8, 4) is 0 Å². The third-order valence-electron chi connectivity index (χ3n) is 16.8. The number of aliphatic hydroxyl groups is 2. The van der Waals surface area contributed by atoms with Crippen LogP contribution in [0.2, 0.25) is 0 Å². The fourth-order valence-corrected chi connectivity index (χ4v) is 14.5. The zero-order valence-corrected chi connectivity index (χ0v) is 30.7. The van der Waals surface area contributed by atoms with Crippen LogP contribution < -0.4 is 5.32 Å². The van der Waals surface area contributed by atoms with Crippen LogP contribution in [0.1, 0.15) is 107 Å². The quantitative estimate of drug-likeness (QED) is 0.353. The van der Waals surface area contributed by atoms with E-state index in [1.807, 2.05) is 20.8 Å². The summed E-state index contributed by atoms with van der Waals surface area (Å²) >= 11 is 0. The van der Waals surface area contributed by atoms with Crippen LogP contribution in [0.4, 0.5) is 0 Å². The van der Waals surface area contributed by atoms with Crippen LogP contribution in [0.25, 0.3) is 0 Å². The summed E-state index contributed by atoms with van der Waals surface area (Å²) in [5.74, 6) is 1.87. The molecule has 5 aliphatic carbocycles. The molecule has 5 saturated carbocycles. The maximum Gasteiger partial charge on any atom is 0.170 e. The van der Waals surface area contributed by atoms with Crippen molar-refractivity contribution < 1.29 is 29.2 Å². The van der Waals surface area contributed by atoms with Gasteiger partial charge in [-0.05, 0) is 117 Å². The van der Waals surface area contributed by atoms with Crippen LogP contribution in [-0.2, 0) is 18.9 Å². The molecule has 14 atom stereocenters. The molecule has 0 radical (unpaired) electrons. The minimum absolute atomic E-state index is 0.0276. The second-order valence-corrected chi connectivity index (χ2v) is 19.3. The molecule has 0 amide bonds. The molecular formula is C39H66N2O6. The Bertz CT molecular complexity index is 1200. The lowest BCUT2D eigenvalue weighted by Crippen LogP contribution is -2.62. The van der Waals surface area contributed by atoms with Crippen LogP contribution >= 0.6 is 0 Å². The Balaban J connectivity index is 1.03. The molecule has 8 heteroatoms. The zero-order valence-electron chi connectivity index (χ0n) is 30.7.